The van der Waals surface area contributed by atoms with Crippen molar-refractivity contribution in [2.24, 2.45) is 0 Å². The quantitative estimate of drug-likeness (QED) is 0.901. The van der Waals surface area contributed by atoms with Gasteiger partial charge in [0.2, 0.25) is 5.95 Å². The van der Waals surface area contributed by atoms with E-state index >= 15 is 0 Å². The van der Waals surface area contributed by atoms with Crippen molar-refractivity contribution in [2.75, 3.05) is 18.4 Å². The molecule has 1 aliphatic rings. The molecule has 7 heteroatoms. The van der Waals surface area contributed by atoms with Gasteiger partial charge < -0.3 is 15.0 Å². The van der Waals surface area contributed by atoms with Crippen LogP contribution in [-0.2, 0) is 4.79 Å². The summed E-state index contributed by atoms with van der Waals surface area (Å²) < 4.78 is 5.83. The van der Waals surface area contributed by atoms with Crippen molar-refractivity contribution in [3.63, 3.8) is 0 Å². The average Bonchev–Trinajstić information content (AvgIpc) is 2.53. The van der Waals surface area contributed by atoms with E-state index in [9.17, 15) is 4.79 Å². The van der Waals surface area contributed by atoms with E-state index in [1.807, 2.05) is 0 Å². The summed E-state index contributed by atoms with van der Waals surface area (Å²) in [5, 5.41) is 3.83. The van der Waals surface area contributed by atoms with Gasteiger partial charge in [0.1, 0.15) is 5.75 Å². The van der Waals surface area contributed by atoms with Gasteiger partial charge in [0.05, 0.1) is 6.04 Å². The van der Waals surface area contributed by atoms with Gasteiger partial charge in [-0.3, -0.25) is 4.79 Å². The fourth-order valence-corrected chi connectivity index (χ4v) is 2.64. The van der Waals surface area contributed by atoms with E-state index in [1.165, 1.54) is 0 Å². The number of hydrogen-bond donors (Lipinski definition) is 1. The fourth-order valence-electron chi connectivity index (χ4n) is 2.51. The van der Waals surface area contributed by atoms with Crippen molar-refractivity contribution in [3.8, 4) is 5.75 Å². The molecule has 0 spiro atoms. The molecule has 0 saturated carbocycles. The Labute approximate surface area is 145 Å². The highest BCUT2D eigenvalue weighted by Crippen LogP contribution is 2.24. The lowest BCUT2D eigenvalue weighted by molar-refractivity contribution is -0.149. The molecule has 1 fully saturated rings. The molecule has 24 heavy (non-hydrogen) atoms. The molecule has 2 aromatic rings. The van der Waals surface area contributed by atoms with Crippen LogP contribution in [0, 0.1) is 0 Å². The van der Waals surface area contributed by atoms with Crippen LogP contribution in [0.2, 0.25) is 5.02 Å². The third kappa shape index (κ3) is 3.76. The second-order valence-electron chi connectivity index (χ2n) is 6.19. The zero-order valence-electron chi connectivity index (χ0n) is 13.6. The lowest BCUT2D eigenvalue weighted by Crippen LogP contribution is -2.62. The normalized spacial score (nSPS) is 14.9. The summed E-state index contributed by atoms with van der Waals surface area (Å²) in [6.07, 6.45) is 3.36. The number of halogens is 1. The molecule has 0 bridgehead atoms. The summed E-state index contributed by atoms with van der Waals surface area (Å²) in [5.74, 6) is 1.14. The SMILES string of the molecule is CC(C)(Oc1ccc(Cl)cc1)C(=O)N1CC(Nc2ncccn2)C1. The Kier molecular flexibility index (Phi) is 4.57. The largest absolute Gasteiger partial charge is 0.478 e. The van der Waals surface area contributed by atoms with Crippen LogP contribution < -0.4 is 10.1 Å². The van der Waals surface area contributed by atoms with E-state index < -0.39 is 5.60 Å². The number of benzene rings is 1. The topological polar surface area (TPSA) is 67.3 Å². The van der Waals surface area contributed by atoms with Crippen molar-refractivity contribution >= 4 is 23.5 Å². The monoisotopic (exact) mass is 346 g/mol. The van der Waals surface area contributed by atoms with Crippen LogP contribution >= 0.6 is 11.6 Å². The van der Waals surface area contributed by atoms with Crippen LogP contribution in [0.1, 0.15) is 13.8 Å². The first kappa shape index (κ1) is 16.5. The highest BCUT2D eigenvalue weighted by Gasteiger charge is 2.40. The van der Waals surface area contributed by atoms with Gasteiger partial charge in [0, 0.05) is 30.5 Å². The van der Waals surface area contributed by atoms with Crippen LogP contribution in [0.5, 0.6) is 5.75 Å². The third-order valence-electron chi connectivity index (χ3n) is 3.77. The van der Waals surface area contributed by atoms with E-state index in [2.05, 4.69) is 15.3 Å². The van der Waals surface area contributed by atoms with E-state index in [4.69, 9.17) is 16.3 Å². The smallest absolute Gasteiger partial charge is 0.266 e. The number of anilines is 1. The average molecular weight is 347 g/mol. The van der Waals surface area contributed by atoms with Crippen molar-refractivity contribution in [1.82, 2.24) is 14.9 Å². The Balaban J connectivity index is 1.54. The summed E-state index contributed by atoms with van der Waals surface area (Å²) in [4.78, 5) is 22.6. The van der Waals surface area contributed by atoms with Gasteiger partial charge in [-0.05, 0) is 44.2 Å². The maximum absolute atomic E-state index is 12.6. The summed E-state index contributed by atoms with van der Waals surface area (Å²) in [7, 11) is 0. The minimum absolute atomic E-state index is 0.0514. The molecule has 1 aromatic carbocycles. The minimum Gasteiger partial charge on any atom is -0.478 e. The fraction of sp³-hybridized carbons (Fsp3) is 0.353. The lowest BCUT2D eigenvalue weighted by Gasteiger charge is -2.43. The molecule has 1 aromatic heterocycles. The Morgan fingerprint density at radius 3 is 2.50 bits per heavy atom. The molecular formula is C17H19ClN4O2. The Morgan fingerprint density at radius 2 is 1.88 bits per heavy atom. The molecule has 0 aliphatic carbocycles. The second-order valence-corrected chi connectivity index (χ2v) is 6.63. The molecule has 0 atom stereocenters. The molecule has 1 aliphatic heterocycles. The van der Waals surface area contributed by atoms with Crippen LogP contribution in [0.3, 0.4) is 0 Å². The maximum Gasteiger partial charge on any atom is 0.266 e. The van der Waals surface area contributed by atoms with Crippen molar-refractivity contribution < 1.29 is 9.53 Å². The van der Waals surface area contributed by atoms with E-state index in [0.29, 0.717) is 29.8 Å². The lowest BCUT2D eigenvalue weighted by atomic mass is 10.0. The van der Waals surface area contributed by atoms with Gasteiger partial charge in [-0.2, -0.15) is 0 Å². The zero-order chi connectivity index (χ0) is 17.2. The summed E-state index contributed by atoms with van der Waals surface area (Å²) in [5.41, 5.74) is -0.942. The van der Waals surface area contributed by atoms with Crippen LogP contribution in [-0.4, -0.2) is 45.5 Å². The number of nitrogens with zero attached hydrogens (tertiary/aromatic N) is 3. The van der Waals surface area contributed by atoms with Crippen molar-refractivity contribution in [1.29, 1.82) is 0 Å². The standard InChI is InChI=1S/C17H19ClN4O2/c1-17(2,24-14-6-4-12(18)5-7-14)15(23)22-10-13(11-22)21-16-19-8-3-9-20-16/h3-9,13H,10-11H2,1-2H3,(H,19,20,21). The van der Waals surface area contributed by atoms with Crippen LogP contribution in [0.4, 0.5) is 5.95 Å². The van der Waals surface area contributed by atoms with E-state index in [1.54, 1.807) is 61.5 Å². The summed E-state index contributed by atoms with van der Waals surface area (Å²) >= 11 is 5.86. The minimum atomic E-state index is -0.942. The second kappa shape index (κ2) is 6.65. The number of rotatable bonds is 5. The first-order valence-electron chi connectivity index (χ1n) is 7.71. The van der Waals surface area contributed by atoms with Gasteiger partial charge in [-0.25, -0.2) is 9.97 Å². The number of carbonyl (C=O) groups is 1. The Hall–Kier alpha value is -2.34. The van der Waals surface area contributed by atoms with Crippen molar-refractivity contribution in [3.05, 3.63) is 47.7 Å². The number of amides is 1. The molecule has 1 N–H and O–H groups in total. The number of ether oxygens (including phenoxy) is 1. The number of hydrogen-bond acceptors (Lipinski definition) is 5. The first-order valence-corrected chi connectivity index (χ1v) is 8.09. The van der Waals surface area contributed by atoms with Crippen LogP contribution in [0.15, 0.2) is 42.7 Å². The molecule has 1 saturated heterocycles. The molecule has 2 heterocycles. The number of nitrogens with one attached hydrogen (secondary N) is 1. The molecule has 0 unspecified atom stereocenters. The van der Waals surface area contributed by atoms with Gasteiger partial charge in [-0.15, -0.1) is 0 Å². The maximum atomic E-state index is 12.6. The number of aromatic nitrogens is 2. The number of carbonyl (C=O) groups excluding carboxylic acids is 1. The van der Waals surface area contributed by atoms with E-state index in [-0.39, 0.29) is 11.9 Å². The summed E-state index contributed by atoms with van der Waals surface area (Å²) in [6, 6.07) is 8.90. The molecule has 6 nitrogen and oxygen atoms in total. The van der Waals surface area contributed by atoms with E-state index in [0.717, 1.165) is 0 Å². The first-order chi connectivity index (χ1) is 11.4. The highest BCUT2D eigenvalue weighted by molar-refractivity contribution is 6.30. The Bertz CT molecular complexity index is 700. The Morgan fingerprint density at radius 1 is 1.25 bits per heavy atom. The third-order valence-corrected chi connectivity index (χ3v) is 4.02. The zero-order valence-corrected chi connectivity index (χ0v) is 14.3. The predicted octanol–water partition coefficient (Wildman–Crippen LogP) is 2.61. The molecule has 3 rings (SSSR count). The molecule has 0 radical (unpaired) electrons. The van der Waals surface area contributed by atoms with Gasteiger partial charge in [0.25, 0.3) is 5.91 Å². The summed E-state index contributed by atoms with van der Waals surface area (Å²) in [6.45, 7) is 4.74. The highest BCUT2D eigenvalue weighted by atomic mass is 35.5. The number of likely N-dealkylation sites (tertiary alicyclic amines) is 1. The van der Waals surface area contributed by atoms with Gasteiger partial charge in [-0.1, -0.05) is 11.6 Å². The predicted molar refractivity (Wildman–Crippen MR) is 92.2 cm³/mol. The van der Waals surface area contributed by atoms with Crippen LogP contribution in [0.25, 0.3) is 0 Å². The molecule has 126 valence electrons. The van der Waals surface area contributed by atoms with Gasteiger partial charge >= 0.3 is 0 Å². The molecule has 1 amide bonds. The molecular weight excluding hydrogens is 328 g/mol. The van der Waals surface area contributed by atoms with Gasteiger partial charge in [0.15, 0.2) is 5.60 Å². The van der Waals surface area contributed by atoms with Crippen molar-refractivity contribution in [2.45, 2.75) is 25.5 Å².